The van der Waals surface area contributed by atoms with Crippen LogP contribution in [0.25, 0.3) is 11.1 Å². The Morgan fingerprint density at radius 2 is 1.74 bits per heavy atom. The predicted molar refractivity (Wildman–Crippen MR) is 108 cm³/mol. The van der Waals surface area contributed by atoms with Crippen molar-refractivity contribution in [3.8, 4) is 11.1 Å². The van der Waals surface area contributed by atoms with E-state index in [-0.39, 0.29) is 18.1 Å². The summed E-state index contributed by atoms with van der Waals surface area (Å²) in [5.74, 6) is 0.745. The number of benzene rings is 2. The molecule has 2 aliphatic rings. The molecule has 0 saturated carbocycles. The maximum atomic E-state index is 12.7. The van der Waals surface area contributed by atoms with Crippen LogP contribution in [0.15, 0.2) is 48.5 Å². The van der Waals surface area contributed by atoms with Crippen molar-refractivity contribution in [3.05, 3.63) is 59.7 Å². The average molecular weight is 364 g/mol. The highest BCUT2D eigenvalue weighted by Crippen LogP contribution is 2.44. The van der Waals surface area contributed by atoms with Crippen LogP contribution in [0, 0.1) is 5.92 Å². The fourth-order valence-corrected chi connectivity index (χ4v) is 4.72. The molecule has 0 aromatic heterocycles. The maximum Gasteiger partial charge on any atom is 0.410 e. The highest BCUT2D eigenvalue weighted by molar-refractivity contribution is 5.79. The first-order chi connectivity index (χ1) is 13.2. The Kier molecular flexibility index (Phi) is 5.17. The van der Waals surface area contributed by atoms with E-state index in [1.165, 1.54) is 22.3 Å². The minimum atomic E-state index is -0.185. The van der Waals surface area contributed by atoms with Crippen molar-refractivity contribution in [1.29, 1.82) is 0 Å². The first kappa shape index (κ1) is 18.1. The van der Waals surface area contributed by atoms with Crippen LogP contribution in [0.1, 0.15) is 43.2 Å². The second-order valence-electron chi connectivity index (χ2n) is 7.81. The highest BCUT2D eigenvalue weighted by atomic mass is 16.6. The number of nitrogens with two attached hydrogens (primary N) is 1. The number of nitrogens with zero attached hydrogens (tertiary/aromatic N) is 1. The topological polar surface area (TPSA) is 55.6 Å². The normalized spacial score (nSPS) is 21.6. The molecule has 27 heavy (non-hydrogen) atoms. The molecule has 2 atom stereocenters. The molecule has 4 heteroatoms. The minimum absolute atomic E-state index is 0.117. The smallest absolute Gasteiger partial charge is 0.410 e. The lowest BCUT2D eigenvalue weighted by atomic mass is 9.89. The molecule has 2 N–H and O–H groups in total. The van der Waals surface area contributed by atoms with Crippen molar-refractivity contribution >= 4 is 6.09 Å². The van der Waals surface area contributed by atoms with E-state index in [0.717, 1.165) is 32.4 Å². The van der Waals surface area contributed by atoms with Gasteiger partial charge in [-0.2, -0.15) is 0 Å². The lowest BCUT2D eigenvalue weighted by Crippen LogP contribution is -2.45. The van der Waals surface area contributed by atoms with Crippen molar-refractivity contribution in [2.75, 3.05) is 19.7 Å². The molecule has 1 amide bonds. The Morgan fingerprint density at radius 1 is 1.11 bits per heavy atom. The van der Waals surface area contributed by atoms with Gasteiger partial charge in [-0.15, -0.1) is 0 Å². The van der Waals surface area contributed by atoms with Crippen molar-refractivity contribution in [2.24, 2.45) is 11.7 Å². The van der Waals surface area contributed by atoms with Gasteiger partial charge in [0.2, 0.25) is 0 Å². The van der Waals surface area contributed by atoms with Crippen LogP contribution >= 0.6 is 0 Å². The molecule has 2 unspecified atom stereocenters. The maximum absolute atomic E-state index is 12.7. The number of hydrogen-bond donors (Lipinski definition) is 1. The number of fused-ring (bicyclic) bond motifs is 3. The number of carbonyl (C=O) groups excluding carboxylic acids is 1. The molecule has 4 nitrogen and oxygen atoms in total. The molecule has 1 aliphatic heterocycles. The minimum Gasteiger partial charge on any atom is -0.448 e. The van der Waals surface area contributed by atoms with E-state index in [2.05, 4.69) is 55.5 Å². The van der Waals surface area contributed by atoms with Crippen LogP contribution in [0.3, 0.4) is 0 Å². The molecular formula is C23H28N2O2. The third-order valence-corrected chi connectivity index (χ3v) is 6.13. The first-order valence-electron chi connectivity index (χ1n) is 10.0. The van der Waals surface area contributed by atoms with Gasteiger partial charge in [0, 0.05) is 18.5 Å². The van der Waals surface area contributed by atoms with Gasteiger partial charge in [-0.3, -0.25) is 0 Å². The summed E-state index contributed by atoms with van der Waals surface area (Å²) in [5.41, 5.74) is 10.7. The largest absolute Gasteiger partial charge is 0.448 e. The second-order valence-corrected chi connectivity index (χ2v) is 7.81. The van der Waals surface area contributed by atoms with Gasteiger partial charge in [-0.05, 0) is 60.9 Å². The molecular weight excluding hydrogens is 336 g/mol. The highest BCUT2D eigenvalue weighted by Gasteiger charge is 2.32. The Bertz CT molecular complexity index is 774. The Balaban J connectivity index is 1.44. The molecule has 1 heterocycles. The van der Waals surface area contributed by atoms with E-state index in [1.54, 1.807) is 0 Å². The monoisotopic (exact) mass is 364 g/mol. The van der Waals surface area contributed by atoms with E-state index in [4.69, 9.17) is 10.5 Å². The molecule has 0 bridgehead atoms. The van der Waals surface area contributed by atoms with Crippen molar-refractivity contribution in [3.63, 3.8) is 0 Å². The molecule has 0 radical (unpaired) electrons. The van der Waals surface area contributed by atoms with Gasteiger partial charge in [0.1, 0.15) is 6.61 Å². The second kappa shape index (κ2) is 7.73. The van der Waals surface area contributed by atoms with Crippen molar-refractivity contribution in [2.45, 2.75) is 38.1 Å². The lowest BCUT2D eigenvalue weighted by molar-refractivity contribution is 0.0638. The average Bonchev–Trinajstić information content (AvgIpc) is 3.00. The number of amides is 1. The zero-order valence-corrected chi connectivity index (χ0v) is 15.9. The fraction of sp³-hybridized carbons (Fsp3) is 0.435. The van der Waals surface area contributed by atoms with Gasteiger partial charge in [0.25, 0.3) is 0 Å². The number of likely N-dealkylation sites (tertiary alicyclic amines) is 1. The lowest BCUT2D eigenvalue weighted by Gasteiger charge is -2.37. The quantitative estimate of drug-likeness (QED) is 0.876. The molecule has 1 fully saturated rings. The van der Waals surface area contributed by atoms with Gasteiger partial charge >= 0.3 is 6.09 Å². The number of hydrogen-bond acceptors (Lipinski definition) is 3. The zero-order chi connectivity index (χ0) is 18.8. The molecule has 4 rings (SSSR count). The summed E-state index contributed by atoms with van der Waals surface area (Å²) in [6.07, 6.45) is 2.89. The van der Waals surface area contributed by atoms with E-state index in [9.17, 15) is 4.79 Å². The molecule has 1 aliphatic carbocycles. The first-order valence-corrected chi connectivity index (χ1v) is 10.0. The summed E-state index contributed by atoms with van der Waals surface area (Å²) in [5, 5.41) is 0. The number of ether oxygens (including phenoxy) is 1. The number of piperidine rings is 1. The van der Waals surface area contributed by atoms with Crippen LogP contribution in [0.2, 0.25) is 0 Å². The summed E-state index contributed by atoms with van der Waals surface area (Å²) in [6, 6.07) is 17.1. The summed E-state index contributed by atoms with van der Waals surface area (Å²) in [4.78, 5) is 14.6. The Labute approximate surface area is 161 Å². The van der Waals surface area contributed by atoms with Gasteiger partial charge in [0.05, 0.1) is 0 Å². The van der Waals surface area contributed by atoms with Crippen LogP contribution in [-0.4, -0.2) is 36.7 Å². The fourth-order valence-electron chi connectivity index (χ4n) is 4.72. The van der Waals surface area contributed by atoms with Crippen LogP contribution < -0.4 is 5.73 Å². The SMILES string of the molecule is CC1CC(CCN)CCN1C(=O)OCC1c2ccccc2-c2ccccc21. The Hall–Kier alpha value is -2.33. The number of rotatable bonds is 4. The van der Waals surface area contributed by atoms with Crippen LogP contribution in [0.4, 0.5) is 4.79 Å². The van der Waals surface area contributed by atoms with E-state index < -0.39 is 0 Å². The van der Waals surface area contributed by atoms with Crippen molar-refractivity contribution in [1.82, 2.24) is 4.90 Å². The third kappa shape index (κ3) is 3.46. The summed E-state index contributed by atoms with van der Waals surface area (Å²) in [7, 11) is 0. The third-order valence-electron chi connectivity index (χ3n) is 6.13. The molecule has 1 saturated heterocycles. The van der Waals surface area contributed by atoms with Gasteiger partial charge in [-0.1, -0.05) is 48.5 Å². The van der Waals surface area contributed by atoms with Gasteiger partial charge in [0.15, 0.2) is 0 Å². The molecule has 2 aromatic rings. The van der Waals surface area contributed by atoms with Gasteiger partial charge in [-0.25, -0.2) is 4.79 Å². The number of carbonyl (C=O) groups is 1. The summed E-state index contributed by atoms with van der Waals surface area (Å²) >= 11 is 0. The van der Waals surface area contributed by atoms with E-state index >= 15 is 0 Å². The van der Waals surface area contributed by atoms with E-state index in [0.29, 0.717) is 12.5 Å². The van der Waals surface area contributed by atoms with Crippen molar-refractivity contribution < 1.29 is 9.53 Å². The molecule has 142 valence electrons. The predicted octanol–water partition coefficient (Wildman–Crippen LogP) is 4.38. The molecule has 2 aromatic carbocycles. The summed E-state index contributed by atoms with van der Waals surface area (Å²) in [6.45, 7) is 4.00. The zero-order valence-electron chi connectivity index (χ0n) is 15.9. The standard InChI is InChI=1S/C23H28N2O2/c1-16-14-17(10-12-24)11-13-25(16)23(26)27-15-22-20-8-4-2-6-18(20)19-7-3-5-9-21(19)22/h2-9,16-17,22H,10-15,24H2,1H3. The molecule has 0 spiro atoms. The van der Waals surface area contributed by atoms with Crippen LogP contribution in [-0.2, 0) is 4.74 Å². The van der Waals surface area contributed by atoms with Crippen LogP contribution in [0.5, 0.6) is 0 Å². The summed E-state index contributed by atoms with van der Waals surface area (Å²) < 4.78 is 5.81. The Morgan fingerprint density at radius 3 is 2.33 bits per heavy atom. The van der Waals surface area contributed by atoms with Gasteiger partial charge < -0.3 is 15.4 Å². The van der Waals surface area contributed by atoms with E-state index in [1.807, 2.05) is 4.90 Å².